The highest BCUT2D eigenvalue weighted by atomic mass is 32.2. The molecule has 0 bridgehead atoms. The van der Waals surface area contributed by atoms with Gasteiger partial charge in [-0.2, -0.15) is 0 Å². The zero-order chi connectivity index (χ0) is 17.0. The Balaban J connectivity index is 2.07. The number of anilines is 1. The van der Waals surface area contributed by atoms with E-state index in [-0.39, 0.29) is 10.6 Å². The van der Waals surface area contributed by atoms with Gasteiger partial charge in [0.1, 0.15) is 0 Å². The number of hydrogen-bond acceptors (Lipinski definition) is 6. The van der Waals surface area contributed by atoms with E-state index in [4.69, 9.17) is 5.73 Å². The lowest BCUT2D eigenvalue weighted by atomic mass is 10.2. The van der Waals surface area contributed by atoms with Crippen molar-refractivity contribution >= 4 is 27.1 Å². The smallest absolute Gasteiger partial charge is 0.269 e. The van der Waals surface area contributed by atoms with Crippen LogP contribution in [0.4, 0.5) is 11.4 Å². The molecule has 0 amide bonds. The normalized spacial score (nSPS) is 11.0. The largest absolute Gasteiger partial charge is 0.399 e. The first kappa shape index (κ1) is 16.5. The molecule has 0 spiro atoms. The van der Waals surface area contributed by atoms with Crippen molar-refractivity contribution in [1.29, 1.82) is 0 Å². The van der Waals surface area contributed by atoms with Gasteiger partial charge < -0.3 is 11.2 Å². The van der Waals surface area contributed by atoms with E-state index in [1.807, 2.05) is 0 Å². The molecule has 8 nitrogen and oxygen atoms in total. The number of nitro benzene ring substituents is 1. The van der Waals surface area contributed by atoms with Gasteiger partial charge in [-0.05, 0) is 29.8 Å². The molecule has 0 aliphatic heterocycles. The second kappa shape index (κ2) is 6.46. The number of nitrogens with one attached hydrogen (secondary N) is 2. The summed E-state index contributed by atoms with van der Waals surface area (Å²) >= 11 is 0. The van der Waals surface area contributed by atoms with Crippen molar-refractivity contribution in [3.63, 3.8) is 0 Å². The van der Waals surface area contributed by atoms with Crippen LogP contribution in [0.1, 0.15) is 5.56 Å². The van der Waals surface area contributed by atoms with Gasteiger partial charge in [-0.25, -0.2) is 8.42 Å². The summed E-state index contributed by atoms with van der Waals surface area (Å²) in [5, 5.41) is 10.6. The van der Waals surface area contributed by atoms with Gasteiger partial charge in [-0.3, -0.25) is 10.1 Å². The molecule has 23 heavy (non-hydrogen) atoms. The number of hydrogen-bond donors (Lipinski definition) is 3. The van der Waals surface area contributed by atoms with Crippen molar-refractivity contribution in [2.24, 2.45) is 0 Å². The number of rotatable bonds is 6. The van der Waals surface area contributed by atoms with Crippen LogP contribution in [0.3, 0.4) is 0 Å². The highest BCUT2D eigenvalue weighted by Gasteiger charge is 2.15. The number of non-ortho nitro benzene ring substituents is 1. The molecular formula is C14H14N4O4S. The Labute approximate surface area is 132 Å². The average Bonchev–Trinajstić information content (AvgIpc) is 2.53. The fraction of sp³-hybridized carbons (Fsp3) is 0. The van der Waals surface area contributed by atoms with Crippen LogP contribution < -0.4 is 16.0 Å². The van der Waals surface area contributed by atoms with Crippen LogP contribution in [0.25, 0.3) is 5.70 Å². The van der Waals surface area contributed by atoms with E-state index in [1.54, 1.807) is 24.3 Å². The Morgan fingerprint density at radius 2 is 1.65 bits per heavy atom. The van der Waals surface area contributed by atoms with E-state index in [0.29, 0.717) is 16.9 Å². The molecular weight excluding hydrogens is 320 g/mol. The Morgan fingerprint density at radius 1 is 1.09 bits per heavy atom. The minimum absolute atomic E-state index is 0.110. The summed E-state index contributed by atoms with van der Waals surface area (Å²) < 4.78 is 24.2. The summed E-state index contributed by atoms with van der Waals surface area (Å²) in [4.78, 5) is 12.0. The van der Waals surface area contributed by atoms with Crippen LogP contribution in [0.2, 0.25) is 0 Å². The molecule has 0 fully saturated rings. The van der Waals surface area contributed by atoms with E-state index in [2.05, 4.69) is 16.8 Å². The lowest BCUT2D eigenvalue weighted by Gasteiger charge is -2.12. The molecule has 120 valence electrons. The van der Waals surface area contributed by atoms with E-state index in [9.17, 15) is 18.5 Å². The fourth-order valence-electron chi connectivity index (χ4n) is 1.69. The van der Waals surface area contributed by atoms with Crippen molar-refractivity contribution in [2.75, 3.05) is 5.73 Å². The fourth-order valence-corrected chi connectivity index (χ4v) is 2.56. The lowest BCUT2D eigenvalue weighted by molar-refractivity contribution is -0.384. The van der Waals surface area contributed by atoms with Gasteiger partial charge in [0.25, 0.3) is 15.7 Å². The third kappa shape index (κ3) is 4.05. The Hall–Kier alpha value is -2.91. The van der Waals surface area contributed by atoms with Crippen LogP contribution in [0, 0.1) is 10.1 Å². The van der Waals surface area contributed by atoms with Gasteiger partial charge in [0.2, 0.25) is 0 Å². The number of nitrogens with zero attached hydrogens (tertiary/aromatic N) is 1. The second-order valence-corrected chi connectivity index (χ2v) is 6.26. The van der Waals surface area contributed by atoms with Crippen LogP contribution in [0.5, 0.6) is 0 Å². The van der Waals surface area contributed by atoms with E-state index < -0.39 is 14.9 Å². The van der Waals surface area contributed by atoms with Crippen LogP contribution in [-0.4, -0.2) is 13.3 Å². The maximum atomic E-state index is 12.1. The average molecular weight is 334 g/mol. The van der Waals surface area contributed by atoms with Gasteiger partial charge in [-0.1, -0.05) is 18.7 Å². The van der Waals surface area contributed by atoms with Crippen molar-refractivity contribution < 1.29 is 13.3 Å². The topological polar surface area (TPSA) is 127 Å². The van der Waals surface area contributed by atoms with Gasteiger partial charge >= 0.3 is 0 Å². The molecule has 0 atom stereocenters. The molecule has 4 N–H and O–H groups in total. The first-order valence-corrected chi connectivity index (χ1v) is 7.85. The maximum Gasteiger partial charge on any atom is 0.269 e. The minimum atomic E-state index is -3.88. The number of nitro groups is 1. The van der Waals surface area contributed by atoms with Crippen LogP contribution >= 0.6 is 0 Å². The molecule has 2 rings (SSSR count). The third-order valence-corrected chi connectivity index (χ3v) is 4.22. The quantitative estimate of drug-likeness (QED) is 0.418. The summed E-state index contributed by atoms with van der Waals surface area (Å²) in [6, 6.07) is 11.2. The zero-order valence-electron chi connectivity index (χ0n) is 11.9. The van der Waals surface area contributed by atoms with Crippen molar-refractivity contribution in [3.8, 4) is 0 Å². The van der Waals surface area contributed by atoms with Gasteiger partial charge in [-0.15, -0.1) is 4.83 Å². The SMILES string of the molecule is C=C(NNS(=O)(=O)c1ccc([N+](=O)[O-])cc1)c1ccc(N)cc1. The van der Waals surface area contributed by atoms with Crippen LogP contribution in [0.15, 0.2) is 60.0 Å². The molecule has 0 aliphatic rings. The van der Waals surface area contributed by atoms with Gasteiger partial charge in [0.05, 0.1) is 9.82 Å². The minimum Gasteiger partial charge on any atom is -0.399 e. The van der Waals surface area contributed by atoms with Gasteiger partial charge in [0, 0.05) is 23.5 Å². The molecule has 2 aromatic carbocycles. The Morgan fingerprint density at radius 3 is 2.17 bits per heavy atom. The first-order valence-electron chi connectivity index (χ1n) is 6.37. The second-order valence-electron chi connectivity index (χ2n) is 4.58. The van der Waals surface area contributed by atoms with Crippen LogP contribution in [-0.2, 0) is 10.0 Å². The van der Waals surface area contributed by atoms with E-state index in [1.165, 1.54) is 0 Å². The van der Waals surface area contributed by atoms with Crippen molar-refractivity contribution in [3.05, 3.63) is 70.8 Å². The highest BCUT2D eigenvalue weighted by molar-refractivity contribution is 7.89. The monoisotopic (exact) mass is 334 g/mol. The summed E-state index contributed by atoms with van der Waals surface area (Å²) in [7, 11) is -3.88. The number of sulfonamides is 1. The van der Waals surface area contributed by atoms with E-state index in [0.717, 1.165) is 24.3 Å². The molecule has 0 aromatic heterocycles. The molecule has 2 aromatic rings. The number of hydrazine groups is 1. The highest BCUT2D eigenvalue weighted by Crippen LogP contribution is 2.16. The molecule has 0 radical (unpaired) electrons. The molecule has 0 unspecified atom stereocenters. The third-order valence-electron chi connectivity index (χ3n) is 2.95. The van der Waals surface area contributed by atoms with E-state index >= 15 is 0 Å². The number of nitrogens with two attached hydrogens (primary N) is 1. The predicted octanol–water partition coefficient (Wildman–Crippen LogP) is 1.63. The molecule has 0 saturated heterocycles. The predicted molar refractivity (Wildman–Crippen MR) is 86.4 cm³/mol. The summed E-state index contributed by atoms with van der Waals surface area (Å²) in [5.41, 5.74) is 9.43. The summed E-state index contributed by atoms with van der Waals surface area (Å²) in [6.45, 7) is 3.72. The zero-order valence-corrected chi connectivity index (χ0v) is 12.7. The van der Waals surface area contributed by atoms with Gasteiger partial charge in [0.15, 0.2) is 0 Å². The maximum absolute atomic E-state index is 12.1. The lowest BCUT2D eigenvalue weighted by Crippen LogP contribution is -2.35. The molecule has 0 saturated carbocycles. The molecule has 0 heterocycles. The Bertz CT molecular complexity index is 830. The number of nitrogen functional groups attached to an aromatic ring is 1. The summed E-state index contributed by atoms with van der Waals surface area (Å²) in [6.07, 6.45) is 0. The standard InChI is InChI=1S/C14H14N4O4S/c1-10(11-2-4-12(15)5-3-11)16-17-23(21,22)14-8-6-13(7-9-14)18(19)20/h2-9,16-17H,1,15H2. The molecule has 0 aliphatic carbocycles. The van der Waals surface area contributed by atoms with Crippen molar-refractivity contribution in [2.45, 2.75) is 4.90 Å². The summed E-state index contributed by atoms with van der Waals surface area (Å²) in [5.74, 6) is 0. The van der Waals surface area contributed by atoms with Crippen molar-refractivity contribution in [1.82, 2.24) is 10.3 Å². The first-order chi connectivity index (χ1) is 10.8. The Kier molecular flexibility index (Phi) is 4.63. The molecule has 9 heteroatoms. The number of benzene rings is 2.